The second-order valence-corrected chi connectivity index (χ2v) is 6.36. The van der Waals surface area contributed by atoms with Gasteiger partial charge < -0.3 is 5.11 Å². The second-order valence-electron chi connectivity index (χ2n) is 6.36. The summed E-state index contributed by atoms with van der Waals surface area (Å²) in [4.78, 5) is 0. The van der Waals surface area contributed by atoms with Gasteiger partial charge in [0.05, 0.1) is 6.20 Å². The molecule has 20 heavy (non-hydrogen) atoms. The van der Waals surface area contributed by atoms with Gasteiger partial charge in [0.25, 0.3) is 0 Å². The largest absolute Gasteiger partial charge is 0.493 e. The zero-order valence-corrected chi connectivity index (χ0v) is 13.0. The van der Waals surface area contributed by atoms with Gasteiger partial charge in [0, 0.05) is 12.6 Å². The fourth-order valence-corrected chi connectivity index (χ4v) is 3.39. The molecule has 0 aliphatic heterocycles. The van der Waals surface area contributed by atoms with Gasteiger partial charge in [-0.25, -0.2) is 4.68 Å². The molecule has 3 heteroatoms. The van der Waals surface area contributed by atoms with Crippen LogP contribution >= 0.6 is 0 Å². The molecule has 1 aromatic heterocycles. The Morgan fingerprint density at radius 2 is 1.35 bits per heavy atom. The van der Waals surface area contributed by atoms with Crippen LogP contribution in [-0.4, -0.2) is 14.9 Å². The maximum absolute atomic E-state index is 10.1. The van der Waals surface area contributed by atoms with Gasteiger partial charge >= 0.3 is 0 Å². The molecule has 0 unspecified atom stereocenters. The van der Waals surface area contributed by atoms with Gasteiger partial charge in [-0.2, -0.15) is 5.10 Å². The molecule has 1 N–H and O–H groups in total. The highest BCUT2D eigenvalue weighted by Crippen LogP contribution is 2.33. The van der Waals surface area contributed by atoms with E-state index >= 15 is 0 Å². The molecule has 0 bridgehead atoms. The summed E-state index contributed by atoms with van der Waals surface area (Å²) < 4.78 is 1.59. The minimum absolute atomic E-state index is 0.374. The standard InChI is InChI=1S/C17H30N2O/c1-19-17(20)16(14-18-19)15-12-10-8-6-4-2-3-5-7-9-11-13-15/h14-15,20H,2-13H2,1H3. The fourth-order valence-electron chi connectivity index (χ4n) is 3.39. The van der Waals surface area contributed by atoms with Crippen molar-refractivity contribution in [1.29, 1.82) is 0 Å². The van der Waals surface area contributed by atoms with Gasteiger partial charge in [-0.15, -0.1) is 0 Å². The van der Waals surface area contributed by atoms with E-state index in [4.69, 9.17) is 0 Å². The lowest BCUT2D eigenvalue weighted by atomic mass is 9.90. The van der Waals surface area contributed by atoms with Crippen LogP contribution in [0.25, 0.3) is 0 Å². The molecular formula is C17H30N2O. The molecule has 1 heterocycles. The summed E-state index contributed by atoms with van der Waals surface area (Å²) in [5.41, 5.74) is 1.07. The first-order chi connectivity index (χ1) is 9.79. The van der Waals surface area contributed by atoms with E-state index in [9.17, 15) is 5.11 Å². The number of rotatable bonds is 1. The lowest BCUT2D eigenvalue weighted by Gasteiger charge is -2.16. The van der Waals surface area contributed by atoms with E-state index < -0.39 is 0 Å². The van der Waals surface area contributed by atoms with Crippen LogP contribution < -0.4 is 0 Å². The van der Waals surface area contributed by atoms with Crippen molar-refractivity contribution in [3.05, 3.63) is 11.8 Å². The molecule has 3 nitrogen and oxygen atoms in total. The molecular weight excluding hydrogens is 248 g/mol. The molecule has 1 aliphatic rings. The predicted octanol–water partition coefficient (Wildman–Crippen LogP) is 4.90. The third-order valence-corrected chi connectivity index (χ3v) is 4.73. The Kier molecular flexibility index (Phi) is 6.41. The molecule has 0 amide bonds. The number of hydrogen-bond acceptors (Lipinski definition) is 2. The van der Waals surface area contributed by atoms with E-state index in [0.717, 1.165) is 5.56 Å². The lowest BCUT2D eigenvalue weighted by molar-refractivity contribution is 0.401. The molecule has 0 aromatic carbocycles. The first-order valence-electron chi connectivity index (χ1n) is 8.50. The Labute approximate surface area is 123 Å². The average Bonchev–Trinajstić information content (AvgIpc) is 2.78. The van der Waals surface area contributed by atoms with Crippen molar-refractivity contribution in [3.63, 3.8) is 0 Å². The molecule has 1 saturated carbocycles. The van der Waals surface area contributed by atoms with Crippen LogP contribution in [0.15, 0.2) is 6.20 Å². The summed E-state index contributed by atoms with van der Waals surface area (Å²) in [6, 6.07) is 0. The van der Waals surface area contributed by atoms with Crippen LogP contribution in [0.3, 0.4) is 0 Å². The van der Waals surface area contributed by atoms with Gasteiger partial charge in [-0.1, -0.05) is 64.2 Å². The van der Waals surface area contributed by atoms with E-state index in [-0.39, 0.29) is 0 Å². The molecule has 1 aromatic rings. The maximum Gasteiger partial charge on any atom is 0.212 e. The highest BCUT2D eigenvalue weighted by atomic mass is 16.3. The number of aromatic hydroxyl groups is 1. The van der Waals surface area contributed by atoms with Crippen LogP contribution in [0, 0.1) is 0 Å². The van der Waals surface area contributed by atoms with Gasteiger partial charge in [0.15, 0.2) is 0 Å². The van der Waals surface area contributed by atoms with Crippen molar-refractivity contribution in [2.75, 3.05) is 0 Å². The Morgan fingerprint density at radius 1 is 0.900 bits per heavy atom. The van der Waals surface area contributed by atoms with Crippen molar-refractivity contribution >= 4 is 0 Å². The van der Waals surface area contributed by atoms with Crippen LogP contribution in [0.4, 0.5) is 0 Å². The smallest absolute Gasteiger partial charge is 0.212 e. The Hall–Kier alpha value is -0.990. The Bertz CT molecular complexity index is 372. The zero-order valence-electron chi connectivity index (χ0n) is 13.0. The number of nitrogens with zero attached hydrogens (tertiary/aromatic N) is 2. The third-order valence-electron chi connectivity index (χ3n) is 4.73. The first-order valence-corrected chi connectivity index (χ1v) is 8.50. The number of aryl methyl sites for hydroxylation is 1. The number of hydrogen-bond donors (Lipinski definition) is 1. The maximum atomic E-state index is 10.1. The highest BCUT2D eigenvalue weighted by Gasteiger charge is 2.18. The summed E-state index contributed by atoms with van der Waals surface area (Å²) in [7, 11) is 1.82. The van der Waals surface area contributed by atoms with Crippen LogP contribution in [0.2, 0.25) is 0 Å². The molecule has 114 valence electrons. The lowest BCUT2D eigenvalue weighted by Crippen LogP contribution is -2.00. The fraction of sp³-hybridized carbons (Fsp3) is 0.824. The molecule has 0 atom stereocenters. The molecule has 1 fully saturated rings. The van der Waals surface area contributed by atoms with Crippen molar-refractivity contribution < 1.29 is 5.11 Å². The second kappa shape index (κ2) is 8.33. The van der Waals surface area contributed by atoms with E-state index in [1.54, 1.807) is 4.68 Å². The Balaban J connectivity index is 1.94. The van der Waals surface area contributed by atoms with Crippen LogP contribution in [-0.2, 0) is 7.05 Å². The normalized spacial score (nSPS) is 20.9. The monoisotopic (exact) mass is 278 g/mol. The van der Waals surface area contributed by atoms with E-state index in [0.29, 0.717) is 11.8 Å². The minimum Gasteiger partial charge on any atom is -0.493 e. The van der Waals surface area contributed by atoms with Gasteiger partial charge in [-0.3, -0.25) is 0 Å². The zero-order chi connectivity index (χ0) is 14.2. The summed E-state index contributed by atoms with van der Waals surface area (Å²) in [5, 5.41) is 14.3. The first kappa shape index (κ1) is 15.4. The minimum atomic E-state index is 0.374. The van der Waals surface area contributed by atoms with Crippen molar-refractivity contribution in [3.8, 4) is 5.88 Å². The quantitative estimate of drug-likeness (QED) is 0.793. The highest BCUT2D eigenvalue weighted by molar-refractivity contribution is 5.26. The van der Waals surface area contributed by atoms with E-state index in [1.165, 1.54) is 77.0 Å². The van der Waals surface area contributed by atoms with Gasteiger partial charge in [0.1, 0.15) is 0 Å². The molecule has 0 spiro atoms. The van der Waals surface area contributed by atoms with Crippen molar-refractivity contribution in [1.82, 2.24) is 9.78 Å². The molecule has 1 aliphatic carbocycles. The average molecular weight is 278 g/mol. The van der Waals surface area contributed by atoms with E-state index in [2.05, 4.69) is 5.10 Å². The SMILES string of the molecule is Cn1ncc(C2CCCCCCCCCCCC2)c1O. The van der Waals surface area contributed by atoms with Crippen LogP contribution in [0.1, 0.15) is 88.5 Å². The number of aromatic nitrogens is 2. The summed E-state index contributed by atoms with van der Waals surface area (Å²) in [5.74, 6) is 0.878. The van der Waals surface area contributed by atoms with Crippen LogP contribution in [0.5, 0.6) is 5.88 Å². The van der Waals surface area contributed by atoms with E-state index in [1.807, 2.05) is 13.2 Å². The van der Waals surface area contributed by atoms with Gasteiger partial charge in [-0.05, 0) is 18.8 Å². The summed E-state index contributed by atoms with van der Waals surface area (Å²) in [6.45, 7) is 0. The Morgan fingerprint density at radius 3 is 1.75 bits per heavy atom. The van der Waals surface area contributed by atoms with Gasteiger partial charge in [0.2, 0.25) is 5.88 Å². The summed E-state index contributed by atoms with van der Waals surface area (Å²) >= 11 is 0. The molecule has 0 radical (unpaired) electrons. The topological polar surface area (TPSA) is 38.0 Å². The molecule has 0 saturated heterocycles. The van der Waals surface area contributed by atoms with Crippen molar-refractivity contribution in [2.24, 2.45) is 7.05 Å². The summed E-state index contributed by atoms with van der Waals surface area (Å²) in [6.07, 6.45) is 18.0. The predicted molar refractivity (Wildman–Crippen MR) is 83.0 cm³/mol. The molecule has 2 rings (SSSR count). The third kappa shape index (κ3) is 4.53. The van der Waals surface area contributed by atoms with Crippen molar-refractivity contribution in [2.45, 2.75) is 83.0 Å².